The second kappa shape index (κ2) is 15.1. The molecule has 0 saturated heterocycles. The molecule has 4 aromatic carbocycles. The maximum absolute atomic E-state index is 14.4. The van der Waals surface area contributed by atoms with Crippen molar-refractivity contribution < 1.29 is 19.4 Å². The first-order valence-corrected chi connectivity index (χ1v) is 15.4. The molecule has 1 heterocycles. The predicted molar refractivity (Wildman–Crippen MR) is 176 cm³/mol. The third kappa shape index (κ3) is 7.83. The number of aliphatic hydroxyl groups is 1. The maximum atomic E-state index is 14.4. The Morgan fingerprint density at radius 1 is 1.07 bits per heavy atom. The van der Waals surface area contributed by atoms with E-state index in [1.165, 1.54) is 0 Å². The Kier molecular flexibility index (Phi) is 10.7. The third-order valence-electron chi connectivity index (χ3n) is 7.17. The average molecular weight is 690 g/mol. The molecule has 0 spiro atoms. The molecule has 1 aliphatic rings. The van der Waals surface area contributed by atoms with Gasteiger partial charge in [-0.25, -0.2) is 10.4 Å². The van der Waals surface area contributed by atoms with E-state index in [-0.39, 0.29) is 18.9 Å². The number of aliphatic hydroxyl groups excluding tert-OH is 1. The van der Waals surface area contributed by atoms with Gasteiger partial charge in [0.25, 0.3) is 5.91 Å². The van der Waals surface area contributed by atoms with Gasteiger partial charge in [0, 0.05) is 57.2 Å². The van der Waals surface area contributed by atoms with E-state index in [2.05, 4.69) is 36.8 Å². The van der Waals surface area contributed by atoms with Crippen LogP contribution in [0.1, 0.15) is 34.8 Å². The summed E-state index contributed by atoms with van der Waals surface area (Å²) >= 11 is 9.63. The number of hydrazine groups is 1. The zero-order valence-electron chi connectivity index (χ0n) is 24.1. The van der Waals surface area contributed by atoms with Gasteiger partial charge in [-0.1, -0.05) is 81.2 Å². The Morgan fingerprint density at radius 3 is 2.58 bits per heavy atom. The van der Waals surface area contributed by atoms with E-state index in [1.807, 2.05) is 42.5 Å². The minimum absolute atomic E-state index is 0.0396. The predicted octanol–water partition coefficient (Wildman–Crippen LogP) is 7.13. The SMILES string of the molecule is [N-]=[N+]=Nc1ccccc1[C@@H]1OC(c2ccc(OCCCO)cc2)=N[C@]1(Cc1ccc(Br)cc1)C(=O)NNCc1cccc(Cl)c1. The fourth-order valence-electron chi connectivity index (χ4n) is 5.00. The smallest absolute Gasteiger partial charge is 0.266 e. The summed E-state index contributed by atoms with van der Waals surface area (Å²) in [5.41, 5.74) is 16.9. The van der Waals surface area contributed by atoms with Gasteiger partial charge in [0.05, 0.1) is 6.61 Å². The first-order valence-electron chi connectivity index (χ1n) is 14.2. The van der Waals surface area contributed by atoms with Gasteiger partial charge in [-0.05, 0) is 65.2 Å². The molecule has 0 saturated carbocycles. The number of carbonyl (C=O) groups is 1. The van der Waals surface area contributed by atoms with Crippen molar-refractivity contribution >= 4 is 45.0 Å². The Balaban J connectivity index is 1.56. The van der Waals surface area contributed by atoms with Gasteiger partial charge in [-0.3, -0.25) is 10.2 Å². The number of carbonyl (C=O) groups excluding carboxylic acids is 1. The number of aliphatic imine (C=N–C) groups is 1. The summed E-state index contributed by atoms with van der Waals surface area (Å²) in [4.78, 5) is 22.4. The van der Waals surface area contributed by atoms with Crippen LogP contribution in [0.25, 0.3) is 10.4 Å². The molecule has 2 atom stereocenters. The molecule has 3 N–H and O–H groups in total. The normalized spacial score (nSPS) is 17.1. The zero-order chi connectivity index (χ0) is 31.6. The van der Waals surface area contributed by atoms with Crippen LogP contribution in [-0.4, -0.2) is 35.7 Å². The fraction of sp³-hybridized carbons (Fsp3) is 0.212. The van der Waals surface area contributed by atoms with Crippen molar-refractivity contribution in [2.75, 3.05) is 13.2 Å². The molecular formula is C33H30BrClN6O4. The molecular weight excluding hydrogens is 660 g/mol. The molecule has 230 valence electrons. The standard InChI is InChI=1S/C33H30BrClN6O4/c34-25-13-9-22(10-14-25)20-33(32(43)40-37-21-23-5-3-6-26(35)19-23)30(28-7-1-2-8-29(28)39-41-36)45-31(38-33)24-11-15-27(16-12-24)44-18-4-17-42/h1-3,5-16,19,30,37,42H,4,17-18,20-21H2,(H,40,43)/t30-,33-/m0/s1. The Labute approximate surface area is 273 Å². The van der Waals surface area contributed by atoms with Gasteiger partial charge in [-0.15, -0.1) is 0 Å². The zero-order valence-corrected chi connectivity index (χ0v) is 26.4. The summed E-state index contributed by atoms with van der Waals surface area (Å²) in [5.74, 6) is 0.437. The summed E-state index contributed by atoms with van der Waals surface area (Å²) in [7, 11) is 0. The van der Waals surface area contributed by atoms with E-state index in [0.29, 0.717) is 47.2 Å². The van der Waals surface area contributed by atoms with Crippen LogP contribution in [0, 0.1) is 0 Å². The molecule has 0 bridgehead atoms. The van der Waals surface area contributed by atoms with Gasteiger partial charge in [0.2, 0.25) is 5.90 Å². The topological polar surface area (TPSA) is 141 Å². The van der Waals surface area contributed by atoms with Crippen molar-refractivity contribution in [1.82, 2.24) is 10.9 Å². The van der Waals surface area contributed by atoms with E-state index < -0.39 is 17.6 Å². The van der Waals surface area contributed by atoms with Crippen LogP contribution in [0.5, 0.6) is 5.75 Å². The number of hydrogen-bond donors (Lipinski definition) is 3. The number of halogens is 2. The quantitative estimate of drug-likeness (QED) is 0.0451. The molecule has 1 aliphatic heterocycles. The number of hydrogen-bond acceptors (Lipinski definition) is 7. The molecule has 45 heavy (non-hydrogen) atoms. The first kappa shape index (κ1) is 32.0. The molecule has 0 fully saturated rings. The number of azide groups is 1. The van der Waals surface area contributed by atoms with Crippen molar-refractivity contribution in [3.05, 3.63) is 139 Å². The first-order chi connectivity index (χ1) is 21.9. The number of nitrogens with zero attached hydrogens (tertiary/aromatic N) is 4. The van der Waals surface area contributed by atoms with Crippen molar-refractivity contribution in [2.45, 2.75) is 31.0 Å². The van der Waals surface area contributed by atoms with Crippen LogP contribution in [0.3, 0.4) is 0 Å². The highest BCUT2D eigenvalue weighted by Gasteiger charge is 2.54. The monoisotopic (exact) mass is 688 g/mol. The molecule has 4 aromatic rings. The summed E-state index contributed by atoms with van der Waals surface area (Å²) in [6.45, 7) is 0.734. The number of nitrogens with one attached hydrogen (secondary N) is 2. The largest absolute Gasteiger partial charge is 0.494 e. The molecule has 0 radical (unpaired) electrons. The third-order valence-corrected chi connectivity index (χ3v) is 7.94. The molecule has 0 aromatic heterocycles. The van der Waals surface area contributed by atoms with E-state index in [4.69, 9.17) is 31.2 Å². The number of amides is 1. The summed E-state index contributed by atoms with van der Waals surface area (Å²) < 4.78 is 13.1. The number of rotatable bonds is 13. The highest BCUT2D eigenvalue weighted by molar-refractivity contribution is 9.10. The molecule has 5 rings (SSSR count). The minimum atomic E-state index is -1.51. The van der Waals surface area contributed by atoms with Crippen molar-refractivity contribution in [2.24, 2.45) is 10.1 Å². The van der Waals surface area contributed by atoms with E-state index in [1.54, 1.807) is 54.6 Å². The molecule has 1 amide bonds. The van der Waals surface area contributed by atoms with Crippen LogP contribution in [-0.2, 0) is 22.5 Å². The Bertz CT molecular complexity index is 1710. The van der Waals surface area contributed by atoms with Crippen molar-refractivity contribution in [3.63, 3.8) is 0 Å². The summed E-state index contributed by atoms with van der Waals surface area (Å²) in [6, 6.07) is 29.1. The van der Waals surface area contributed by atoms with Gasteiger partial charge in [0.15, 0.2) is 11.6 Å². The van der Waals surface area contributed by atoms with Crippen molar-refractivity contribution in [3.8, 4) is 5.75 Å². The fourth-order valence-corrected chi connectivity index (χ4v) is 5.48. The molecule has 10 nitrogen and oxygen atoms in total. The minimum Gasteiger partial charge on any atom is -0.494 e. The Hall–Kier alpha value is -4.38. The van der Waals surface area contributed by atoms with Crippen LogP contribution in [0.2, 0.25) is 5.02 Å². The number of ether oxygens (including phenoxy) is 2. The lowest BCUT2D eigenvalue weighted by atomic mass is 9.81. The van der Waals surface area contributed by atoms with Gasteiger partial charge < -0.3 is 14.6 Å². The van der Waals surface area contributed by atoms with Gasteiger partial charge in [-0.2, -0.15) is 0 Å². The average Bonchev–Trinajstić information content (AvgIpc) is 3.43. The van der Waals surface area contributed by atoms with Gasteiger partial charge in [0.1, 0.15) is 5.75 Å². The lowest BCUT2D eigenvalue weighted by Gasteiger charge is -2.31. The van der Waals surface area contributed by atoms with Crippen LogP contribution in [0.4, 0.5) is 5.69 Å². The van der Waals surface area contributed by atoms with E-state index in [9.17, 15) is 10.3 Å². The summed E-state index contributed by atoms with van der Waals surface area (Å²) in [5, 5.41) is 13.5. The number of benzene rings is 4. The highest BCUT2D eigenvalue weighted by atomic mass is 79.9. The van der Waals surface area contributed by atoms with Crippen molar-refractivity contribution in [1.29, 1.82) is 0 Å². The van der Waals surface area contributed by atoms with E-state index >= 15 is 0 Å². The summed E-state index contributed by atoms with van der Waals surface area (Å²) in [6.07, 6.45) is -0.263. The molecule has 12 heteroatoms. The van der Waals surface area contributed by atoms with Crippen LogP contribution < -0.4 is 15.6 Å². The van der Waals surface area contributed by atoms with Crippen LogP contribution >= 0.6 is 27.5 Å². The lowest BCUT2D eigenvalue weighted by Crippen LogP contribution is -2.53. The highest BCUT2D eigenvalue weighted by Crippen LogP contribution is 2.45. The second-order valence-corrected chi connectivity index (χ2v) is 11.6. The van der Waals surface area contributed by atoms with Gasteiger partial charge >= 0.3 is 0 Å². The van der Waals surface area contributed by atoms with E-state index in [0.717, 1.165) is 15.6 Å². The molecule has 0 aliphatic carbocycles. The Morgan fingerprint density at radius 2 is 1.84 bits per heavy atom. The maximum Gasteiger partial charge on any atom is 0.266 e. The van der Waals surface area contributed by atoms with Crippen LogP contribution in [0.15, 0.2) is 112 Å². The molecule has 0 unspecified atom stereocenters. The lowest BCUT2D eigenvalue weighted by molar-refractivity contribution is -0.130. The second-order valence-electron chi connectivity index (χ2n) is 10.3.